The molecule has 0 aliphatic rings. The third-order valence-electron chi connectivity index (χ3n) is 4.81. The Labute approximate surface area is 174 Å². The molecule has 0 radical (unpaired) electrons. The lowest BCUT2D eigenvalue weighted by atomic mass is 10.0. The van der Waals surface area contributed by atoms with Gasteiger partial charge >= 0.3 is 0 Å². The number of rotatable bonds is 4. The van der Waals surface area contributed by atoms with Crippen LogP contribution in [0.1, 0.15) is 35.7 Å². The van der Waals surface area contributed by atoms with Crippen LogP contribution in [0.4, 0.5) is 0 Å². The van der Waals surface area contributed by atoms with Gasteiger partial charge in [0, 0.05) is 16.6 Å². The summed E-state index contributed by atoms with van der Waals surface area (Å²) in [6.45, 7) is 4.38. The molecular formula is C25H22N2OS. The second-order valence-corrected chi connectivity index (χ2v) is 7.97. The third kappa shape index (κ3) is 4.13. The van der Waals surface area contributed by atoms with Gasteiger partial charge in [-0.15, -0.1) is 11.3 Å². The van der Waals surface area contributed by atoms with E-state index in [2.05, 4.69) is 53.1 Å². The minimum Gasteiger partial charge on any atom is -0.285 e. The van der Waals surface area contributed by atoms with Gasteiger partial charge in [0.25, 0.3) is 5.91 Å². The molecule has 1 aromatic heterocycles. The van der Waals surface area contributed by atoms with E-state index in [0.717, 1.165) is 16.9 Å². The van der Waals surface area contributed by atoms with Gasteiger partial charge in [0.1, 0.15) is 0 Å². The Morgan fingerprint density at radius 1 is 0.862 bits per heavy atom. The van der Waals surface area contributed by atoms with E-state index in [4.69, 9.17) is 0 Å². The summed E-state index contributed by atoms with van der Waals surface area (Å²) in [5.74, 6) is 0.251. The number of benzene rings is 3. The van der Waals surface area contributed by atoms with Crippen LogP contribution >= 0.6 is 11.3 Å². The van der Waals surface area contributed by atoms with Crippen LogP contribution in [0.2, 0.25) is 0 Å². The molecule has 0 spiro atoms. The van der Waals surface area contributed by atoms with Gasteiger partial charge in [-0.3, -0.25) is 9.36 Å². The lowest BCUT2D eigenvalue weighted by Gasteiger charge is -2.11. The molecule has 0 atom stereocenters. The van der Waals surface area contributed by atoms with Gasteiger partial charge in [-0.05, 0) is 41.3 Å². The summed E-state index contributed by atoms with van der Waals surface area (Å²) in [5, 5.41) is 2.06. The number of hydrogen-bond acceptors (Lipinski definition) is 2. The van der Waals surface area contributed by atoms with E-state index in [9.17, 15) is 4.79 Å². The second-order valence-electron chi connectivity index (χ2n) is 7.13. The lowest BCUT2D eigenvalue weighted by molar-refractivity contribution is 0.0998. The van der Waals surface area contributed by atoms with Crippen molar-refractivity contribution in [1.82, 2.24) is 4.57 Å². The average molecular weight is 399 g/mol. The number of carbonyl (C=O) groups excluding carboxylic acids is 1. The highest BCUT2D eigenvalue weighted by Crippen LogP contribution is 2.25. The fourth-order valence-electron chi connectivity index (χ4n) is 3.19. The fraction of sp³-hybridized carbons (Fsp3) is 0.120. The molecule has 1 heterocycles. The quantitative estimate of drug-likeness (QED) is 0.411. The molecule has 4 aromatic rings. The molecular weight excluding hydrogens is 376 g/mol. The molecule has 0 saturated carbocycles. The molecule has 0 fully saturated rings. The predicted octanol–water partition coefficient (Wildman–Crippen LogP) is 6.07. The summed E-state index contributed by atoms with van der Waals surface area (Å²) in [7, 11) is 0. The molecule has 0 aliphatic heterocycles. The zero-order valence-corrected chi connectivity index (χ0v) is 17.3. The first-order valence-electron chi connectivity index (χ1n) is 9.64. The van der Waals surface area contributed by atoms with Crippen molar-refractivity contribution in [2.45, 2.75) is 19.8 Å². The number of nitrogens with zero attached hydrogens (tertiary/aromatic N) is 2. The van der Waals surface area contributed by atoms with Crippen molar-refractivity contribution in [2.24, 2.45) is 4.99 Å². The smallest absolute Gasteiger partial charge is 0.279 e. The maximum Gasteiger partial charge on any atom is 0.279 e. The minimum absolute atomic E-state index is 0.237. The van der Waals surface area contributed by atoms with Gasteiger partial charge in [0.05, 0.1) is 5.69 Å². The summed E-state index contributed by atoms with van der Waals surface area (Å²) in [6, 6.07) is 27.8. The molecule has 3 nitrogen and oxygen atoms in total. The number of hydrogen-bond donors (Lipinski definition) is 0. The summed E-state index contributed by atoms with van der Waals surface area (Å²) < 4.78 is 2.05. The van der Waals surface area contributed by atoms with E-state index in [1.165, 1.54) is 16.9 Å². The molecule has 0 saturated heterocycles. The van der Waals surface area contributed by atoms with E-state index in [1.807, 2.05) is 48.5 Å². The molecule has 3 aromatic carbocycles. The SMILES string of the molecule is CC(C)c1ccc(-c2csc(=NC(=O)c3ccccc3)n2-c2ccccc2)cc1. The van der Waals surface area contributed by atoms with Gasteiger partial charge in [-0.25, -0.2) is 0 Å². The third-order valence-corrected chi connectivity index (χ3v) is 5.64. The zero-order valence-electron chi connectivity index (χ0n) is 16.4. The van der Waals surface area contributed by atoms with Crippen molar-refractivity contribution in [1.29, 1.82) is 0 Å². The maximum absolute atomic E-state index is 12.7. The van der Waals surface area contributed by atoms with Gasteiger partial charge < -0.3 is 0 Å². The molecule has 4 heteroatoms. The van der Waals surface area contributed by atoms with Crippen LogP contribution < -0.4 is 4.80 Å². The Morgan fingerprint density at radius 2 is 1.48 bits per heavy atom. The van der Waals surface area contributed by atoms with Crippen molar-refractivity contribution >= 4 is 17.2 Å². The summed E-state index contributed by atoms with van der Waals surface area (Å²) >= 11 is 1.47. The normalized spacial score (nSPS) is 11.8. The molecule has 1 amide bonds. The Kier molecular flexibility index (Phi) is 5.54. The maximum atomic E-state index is 12.7. The first kappa shape index (κ1) is 19.1. The minimum atomic E-state index is -0.237. The van der Waals surface area contributed by atoms with Crippen LogP contribution in [0, 0.1) is 0 Å². The average Bonchev–Trinajstić information content (AvgIpc) is 3.18. The predicted molar refractivity (Wildman–Crippen MR) is 120 cm³/mol. The number of carbonyl (C=O) groups is 1. The highest BCUT2D eigenvalue weighted by Gasteiger charge is 2.12. The first-order chi connectivity index (χ1) is 14.1. The number of amides is 1. The highest BCUT2D eigenvalue weighted by molar-refractivity contribution is 7.07. The highest BCUT2D eigenvalue weighted by atomic mass is 32.1. The van der Waals surface area contributed by atoms with Crippen molar-refractivity contribution in [2.75, 3.05) is 0 Å². The molecule has 29 heavy (non-hydrogen) atoms. The molecule has 0 aliphatic carbocycles. The van der Waals surface area contributed by atoms with Crippen LogP contribution in [0.25, 0.3) is 16.9 Å². The van der Waals surface area contributed by atoms with Crippen molar-refractivity contribution in [3.05, 3.63) is 106 Å². The van der Waals surface area contributed by atoms with Crippen LogP contribution in [-0.4, -0.2) is 10.5 Å². The first-order valence-corrected chi connectivity index (χ1v) is 10.5. The molecule has 0 bridgehead atoms. The molecule has 144 valence electrons. The Morgan fingerprint density at radius 3 is 2.10 bits per heavy atom. The fourth-order valence-corrected chi connectivity index (χ4v) is 4.09. The largest absolute Gasteiger partial charge is 0.285 e. The Balaban J connectivity index is 1.85. The van der Waals surface area contributed by atoms with E-state index < -0.39 is 0 Å². The Hall–Kier alpha value is -3.24. The van der Waals surface area contributed by atoms with Crippen LogP contribution in [0.3, 0.4) is 0 Å². The molecule has 0 unspecified atom stereocenters. The number of para-hydroxylation sites is 1. The van der Waals surface area contributed by atoms with E-state index >= 15 is 0 Å². The van der Waals surface area contributed by atoms with Crippen LogP contribution in [-0.2, 0) is 0 Å². The van der Waals surface area contributed by atoms with Gasteiger partial charge in [-0.1, -0.05) is 74.5 Å². The van der Waals surface area contributed by atoms with Crippen LogP contribution in [0.15, 0.2) is 95.3 Å². The van der Waals surface area contributed by atoms with Gasteiger partial charge in [-0.2, -0.15) is 4.99 Å². The molecule has 4 rings (SSSR count). The van der Waals surface area contributed by atoms with Crippen molar-refractivity contribution in [3.8, 4) is 16.9 Å². The summed E-state index contributed by atoms with van der Waals surface area (Å²) in [4.78, 5) is 17.8. The number of thiazole rings is 1. The zero-order chi connectivity index (χ0) is 20.2. The lowest BCUT2D eigenvalue weighted by Crippen LogP contribution is -2.16. The van der Waals surface area contributed by atoms with E-state index in [1.54, 1.807) is 12.1 Å². The monoisotopic (exact) mass is 398 g/mol. The second kappa shape index (κ2) is 8.41. The topological polar surface area (TPSA) is 34.4 Å². The van der Waals surface area contributed by atoms with Gasteiger partial charge in [0.2, 0.25) is 0 Å². The van der Waals surface area contributed by atoms with Crippen LogP contribution in [0.5, 0.6) is 0 Å². The summed E-state index contributed by atoms with van der Waals surface area (Å²) in [5.41, 5.74) is 5.00. The Bertz CT molecular complexity index is 1170. The van der Waals surface area contributed by atoms with Crippen molar-refractivity contribution in [3.63, 3.8) is 0 Å². The van der Waals surface area contributed by atoms with Crippen molar-refractivity contribution < 1.29 is 4.79 Å². The van der Waals surface area contributed by atoms with E-state index in [-0.39, 0.29) is 5.91 Å². The van der Waals surface area contributed by atoms with E-state index in [0.29, 0.717) is 16.3 Å². The van der Waals surface area contributed by atoms with Gasteiger partial charge in [0.15, 0.2) is 4.80 Å². The summed E-state index contributed by atoms with van der Waals surface area (Å²) in [6.07, 6.45) is 0. The standard InChI is InChI=1S/C25H22N2OS/c1-18(2)19-13-15-20(16-14-19)23-17-29-25(27(23)22-11-7-4-8-12-22)26-24(28)21-9-5-3-6-10-21/h3-18H,1-2H3. The number of aromatic nitrogens is 1. The molecule has 0 N–H and O–H groups in total.